The molecule has 0 amide bonds. The summed E-state index contributed by atoms with van der Waals surface area (Å²) in [4.78, 5) is 0. The molecule has 3 rings (SSSR count). The molecule has 0 unspecified atom stereocenters. The van der Waals surface area contributed by atoms with Crippen LogP contribution in [0.25, 0.3) is 16.3 Å². The molecule has 0 nitrogen and oxygen atoms in total. The van der Waals surface area contributed by atoms with E-state index in [4.69, 9.17) is 0 Å². The minimum absolute atomic E-state index is 1.03. The van der Waals surface area contributed by atoms with Gasteiger partial charge in [-0.2, -0.15) is 0 Å². The van der Waals surface area contributed by atoms with E-state index in [1.54, 1.807) is 5.57 Å². The Bertz CT molecular complexity index is 630. The van der Waals surface area contributed by atoms with E-state index in [1.807, 2.05) is 0 Å². The van der Waals surface area contributed by atoms with Crippen molar-refractivity contribution in [3.8, 4) is 0 Å². The van der Waals surface area contributed by atoms with Gasteiger partial charge in [0.05, 0.1) is 0 Å². The zero-order chi connectivity index (χ0) is 12.8. The topological polar surface area (TPSA) is 0 Å². The lowest BCUT2D eigenvalue weighted by Gasteiger charge is -2.17. The summed E-state index contributed by atoms with van der Waals surface area (Å²) in [6, 6.07) is 14.8. The highest BCUT2D eigenvalue weighted by Crippen LogP contribution is 2.36. The Hall–Kier alpha value is -1.34. The molecule has 2 aromatic rings. The minimum atomic E-state index is -1.03. The second-order valence-electron chi connectivity index (χ2n) is 6.53. The van der Waals surface area contributed by atoms with Gasteiger partial charge in [-0.15, -0.1) is 0 Å². The zero-order valence-electron chi connectivity index (χ0n) is 11.5. The largest absolute Gasteiger partial charge is 0.0766 e. The van der Waals surface area contributed by atoms with Crippen molar-refractivity contribution < 1.29 is 0 Å². The van der Waals surface area contributed by atoms with Crippen LogP contribution in [-0.2, 0) is 6.42 Å². The third-order valence-corrected chi connectivity index (χ3v) is 5.05. The Kier molecular flexibility index (Phi) is 2.67. The fraction of sp³-hybridized carbons (Fsp3) is 0.294. The summed E-state index contributed by atoms with van der Waals surface area (Å²) < 4.78 is 0. The average molecular weight is 252 g/mol. The fourth-order valence-electron chi connectivity index (χ4n) is 2.84. The standard InChI is InChI=1S/C17H20Si/c1-18(2,3)12-16-9-8-15-10-13-6-4-5-7-14(13)11-17(15)16/h4-7,9-11H,8,12H2,1-3H3. The molecule has 0 atom stereocenters. The van der Waals surface area contributed by atoms with Gasteiger partial charge >= 0.3 is 0 Å². The van der Waals surface area contributed by atoms with Gasteiger partial charge in [0.25, 0.3) is 0 Å². The number of hydrogen-bond donors (Lipinski definition) is 0. The van der Waals surface area contributed by atoms with Crippen molar-refractivity contribution >= 4 is 24.4 Å². The van der Waals surface area contributed by atoms with E-state index >= 15 is 0 Å². The molecule has 1 heteroatoms. The third-order valence-electron chi connectivity index (χ3n) is 3.61. The van der Waals surface area contributed by atoms with Gasteiger partial charge in [0.1, 0.15) is 0 Å². The number of allylic oxidation sites excluding steroid dienone is 2. The van der Waals surface area contributed by atoms with Crippen molar-refractivity contribution in [3.63, 3.8) is 0 Å². The van der Waals surface area contributed by atoms with Crippen LogP contribution in [0.2, 0.25) is 25.7 Å². The minimum Gasteiger partial charge on any atom is -0.0766 e. The summed E-state index contributed by atoms with van der Waals surface area (Å²) in [5.41, 5.74) is 4.62. The summed E-state index contributed by atoms with van der Waals surface area (Å²) in [6.07, 6.45) is 3.57. The third kappa shape index (κ3) is 2.15. The van der Waals surface area contributed by atoms with Crippen LogP contribution in [0.4, 0.5) is 0 Å². The van der Waals surface area contributed by atoms with E-state index in [0.29, 0.717) is 0 Å². The van der Waals surface area contributed by atoms with E-state index in [9.17, 15) is 0 Å². The van der Waals surface area contributed by atoms with Crippen LogP contribution in [0.5, 0.6) is 0 Å². The first-order chi connectivity index (χ1) is 8.53. The molecule has 92 valence electrons. The van der Waals surface area contributed by atoms with Crippen molar-refractivity contribution in [2.24, 2.45) is 0 Å². The molecule has 0 saturated heterocycles. The number of hydrogen-bond acceptors (Lipinski definition) is 0. The molecule has 0 aromatic heterocycles. The monoisotopic (exact) mass is 252 g/mol. The van der Waals surface area contributed by atoms with Crippen molar-refractivity contribution in [2.75, 3.05) is 0 Å². The number of rotatable bonds is 2. The predicted molar refractivity (Wildman–Crippen MR) is 83.8 cm³/mol. The highest BCUT2D eigenvalue weighted by atomic mass is 28.3. The van der Waals surface area contributed by atoms with Gasteiger partial charge in [-0.1, -0.05) is 56.0 Å². The van der Waals surface area contributed by atoms with Gasteiger partial charge in [0.15, 0.2) is 0 Å². The van der Waals surface area contributed by atoms with Gasteiger partial charge in [-0.05, 0) is 46.0 Å². The van der Waals surface area contributed by atoms with Crippen molar-refractivity contribution in [1.82, 2.24) is 0 Å². The molecule has 0 aliphatic heterocycles. The molecule has 0 N–H and O–H groups in total. The maximum Gasteiger partial charge on any atom is 0.0487 e. The van der Waals surface area contributed by atoms with E-state index < -0.39 is 8.07 Å². The fourth-order valence-corrected chi connectivity index (χ4v) is 4.31. The molecule has 1 aliphatic rings. The lowest BCUT2D eigenvalue weighted by atomic mass is 10.0. The Morgan fingerprint density at radius 3 is 2.33 bits per heavy atom. The molecule has 0 heterocycles. The van der Waals surface area contributed by atoms with Gasteiger partial charge in [0.2, 0.25) is 0 Å². The molecular formula is C17H20Si. The maximum atomic E-state index is 2.45. The summed E-state index contributed by atoms with van der Waals surface area (Å²) >= 11 is 0. The molecule has 18 heavy (non-hydrogen) atoms. The molecule has 0 radical (unpaired) electrons. The highest BCUT2D eigenvalue weighted by Gasteiger charge is 2.21. The second kappa shape index (κ2) is 4.10. The van der Waals surface area contributed by atoms with Gasteiger partial charge in [0, 0.05) is 8.07 Å². The summed E-state index contributed by atoms with van der Waals surface area (Å²) in [5.74, 6) is 0. The van der Waals surface area contributed by atoms with E-state index in [1.165, 1.54) is 27.9 Å². The SMILES string of the molecule is C[Si](C)(C)CC1=CCc2cc3ccccc3cc21. The van der Waals surface area contributed by atoms with Crippen LogP contribution < -0.4 is 0 Å². The Morgan fingerprint density at radius 2 is 1.67 bits per heavy atom. The summed E-state index contributed by atoms with van der Waals surface area (Å²) in [7, 11) is -1.03. The Balaban J connectivity index is 2.06. The van der Waals surface area contributed by atoms with E-state index in [2.05, 4.69) is 62.1 Å². The first kappa shape index (κ1) is 11.7. The summed E-state index contributed by atoms with van der Waals surface area (Å²) in [5, 5.41) is 2.75. The van der Waals surface area contributed by atoms with Crippen molar-refractivity contribution in [3.05, 3.63) is 53.6 Å². The van der Waals surface area contributed by atoms with Crippen molar-refractivity contribution in [2.45, 2.75) is 32.1 Å². The van der Waals surface area contributed by atoms with Crippen LogP contribution in [0.15, 0.2) is 42.5 Å². The van der Waals surface area contributed by atoms with Gasteiger partial charge in [-0.25, -0.2) is 0 Å². The first-order valence-corrected chi connectivity index (χ1v) is 10.4. The lowest BCUT2D eigenvalue weighted by molar-refractivity contribution is 1.32. The molecular weight excluding hydrogens is 232 g/mol. The maximum absolute atomic E-state index is 2.45. The Morgan fingerprint density at radius 1 is 1.00 bits per heavy atom. The number of fused-ring (bicyclic) bond motifs is 2. The van der Waals surface area contributed by atoms with Gasteiger partial charge < -0.3 is 0 Å². The van der Waals surface area contributed by atoms with Crippen LogP contribution in [0.3, 0.4) is 0 Å². The van der Waals surface area contributed by atoms with E-state index in [0.717, 1.165) is 6.42 Å². The highest BCUT2D eigenvalue weighted by molar-refractivity contribution is 6.77. The predicted octanol–water partition coefficient (Wildman–Crippen LogP) is 5.12. The van der Waals surface area contributed by atoms with Crippen LogP contribution >= 0.6 is 0 Å². The average Bonchev–Trinajstić information content (AvgIpc) is 2.67. The zero-order valence-corrected chi connectivity index (χ0v) is 12.5. The Labute approximate surface area is 110 Å². The first-order valence-electron chi connectivity index (χ1n) is 6.74. The molecule has 2 aromatic carbocycles. The molecule has 0 saturated carbocycles. The molecule has 0 fully saturated rings. The molecule has 1 aliphatic carbocycles. The van der Waals surface area contributed by atoms with Crippen LogP contribution in [-0.4, -0.2) is 8.07 Å². The lowest BCUT2D eigenvalue weighted by Crippen LogP contribution is -2.19. The van der Waals surface area contributed by atoms with Crippen LogP contribution in [0, 0.1) is 0 Å². The van der Waals surface area contributed by atoms with Gasteiger partial charge in [-0.3, -0.25) is 0 Å². The smallest absolute Gasteiger partial charge is 0.0487 e. The van der Waals surface area contributed by atoms with Crippen LogP contribution in [0.1, 0.15) is 11.1 Å². The molecule has 0 spiro atoms. The number of benzene rings is 2. The van der Waals surface area contributed by atoms with Crippen molar-refractivity contribution in [1.29, 1.82) is 0 Å². The molecule has 0 bridgehead atoms. The quantitative estimate of drug-likeness (QED) is 0.651. The second-order valence-corrected chi connectivity index (χ2v) is 12.0. The normalized spacial score (nSPS) is 14.7. The van der Waals surface area contributed by atoms with E-state index in [-0.39, 0.29) is 0 Å². The summed E-state index contributed by atoms with van der Waals surface area (Å²) in [6.45, 7) is 7.35.